The van der Waals surface area contributed by atoms with Crippen molar-refractivity contribution in [2.75, 3.05) is 13.2 Å². The summed E-state index contributed by atoms with van der Waals surface area (Å²) in [6.45, 7) is 5.42. The van der Waals surface area contributed by atoms with Gasteiger partial charge < -0.3 is 9.47 Å². The molecule has 0 N–H and O–H groups in total. The van der Waals surface area contributed by atoms with Crippen molar-refractivity contribution in [3.8, 4) is 0 Å². The molecule has 0 amide bonds. The van der Waals surface area contributed by atoms with Gasteiger partial charge in [0, 0.05) is 12.2 Å². The lowest BCUT2D eigenvalue weighted by molar-refractivity contribution is -0.140. The molecule has 0 fully saturated rings. The topological polar surface area (TPSA) is 52.6 Å². The van der Waals surface area contributed by atoms with Crippen LogP contribution >= 0.6 is 0 Å². The van der Waals surface area contributed by atoms with Gasteiger partial charge in [0.1, 0.15) is 0 Å². The quantitative estimate of drug-likeness (QED) is 0.0380. The number of carbonyl (C=O) groups is 2. The smallest absolute Gasteiger partial charge is 0.331 e. The van der Waals surface area contributed by atoms with E-state index in [2.05, 4.69) is 13.8 Å². The van der Waals surface area contributed by atoms with E-state index in [1.54, 1.807) is 0 Å². The minimum Gasteiger partial charge on any atom is -0.463 e. The summed E-state index contributed by atoms with van der Waals surface area (Å²) in [5.41, 5.74) is 0. The van der Waals surface area contributed by atoms with E-state index in [-0.39, 0.29) is 0 Å². The fourth-order valence-electron chi connectivity index (χ4n) is 6.23. The molecule has 0 aromatic rings. The van der Waals surface area contributed by atoms with Gasteiger partial charge in [-0.3, -0.25) is 0 Å². The van der Waals surface area contributed by atoms with Gasteiger partial charge in [-0.25, -0.2) is 9.59 Å². The number of hydrogen-bond acceptors (Lipinski definition) is 4. The lowest BCUT2D eigenvalue weighted by Crippen LogP contribution is -2.06. The highest BCUT2D eigenvalue weighted by Crippen LogP contribution is 2.15. The van der Waals surface area contributed by atoms with E-state index in [1.807, 2.05) is 0 Å². The predicted molar refractivity (Wildman–Crippen MR) is 199 cm³/mol. The third kappa shape index (κ3) is 38.9. The molecule has 0 heterocycles. The molecule has 0 bridgehead atoms. The number of rotatable bonds is 38. The van der Waals surface area contributed by atoms with E-state index >= 15 is 0 Å². The van der Waals surface area contributed by atoms with Gasteiger partial charge >= 0.3 is 11.9 Å². The van der Waals surface area contributed by atoms with Crippen molar-refractivity contribution in [3.63, 3.8) is 0 Å². The molecule has 0 aliphatic heterocycles. The van der Waals surface area contributed by atoms with Crippen LogP contribution in [0.2, 0.25) is 0 Å². The molecule has 0 aromatic carbocycles. The number of ether oxygens (including phenoxy) is 2. The molecular weight excluding hydrogens is 568 g/mol. The minimum absolute atomic E-state index is 0.427. The SMILES string of the molecule is CCCCCCCCCCCCCCCCCCCOC(=O)/C=C\C(=O)OCCCCCCCCCCCCCCCCCCC. The van der Waals surface area contributed by atoms with Crippen LogP contribution < -0.4 is 0 Å². The number of hydrogen-bond donors (Lipinski definition) is 0. The number of carbonyl (C=O) groups excluding carboxylic acids is 2. The van der Waals surface area contributed by atoms with Crippen molar-refractivity contribution in [2.45, 2.75) is 232 Å². The van der Waals surface area contributed by atoms with Crippen molar-refractivity contribution >= 4 is 11.9 Å². The molecule has 0 unspecified atom stereocenters. The van der Waals surface area contributed by atoms with Crippen LogP contribution in [0.4, 0.5) is 0 Å². The Balaban J connectivity index is 3.32. The van der Waals surface area contributed by atoms with Gasteiger partial charge in [-0.15, -0.1) is 0 Å². The second kappa shape index (κ2) is 39.9. The summed E-state index contributed by atoms with van der Waals surface area (Å²) in [6, 6.07) is 0. The molecule has 0 aliphatic rings. The van der Waals surface area contributed by atoms with Crippen molar-refractivity contribution in [1.29, 1.82) is 0 Å². The molecule has 0 aliphatic carbocycles. The highest BCUT2D eigenvalue weighted by Gasteiger charge is 2.02. The van der Waals surface area contributed by atoms with Crippen LogP contribution in [-0.4, -0.2) is 25.2 Å². The molecule has 0 saturated heterocycles. The van der Waals surface area contributed by atoms with Gasteiger partial charge in [0.05, 0.1) is 13.2 Å². The Morgan fingerprint density at radius 3 is 0.674 bits per heavy atom. The molecule has 4 nitrogen and oxygen atoms in total. The maximum Gasteiger partial charge on any atom is 0.331 e. The Morgan fingerprint density at radius 1 is 0.304 bits per heavy atom. The molecule has 0 radical (unpaired) electrons. The molecule has 0 aromatic heterocycles. The summed E-state index contributed by atoms with van der Waals surface area (Å²) in [7, 11) is 0. The lowest BCUT2D eigenvalue weighted by Gasteiger charge is -2.04. The zero-order chi connectivity index (χ0) is 33.4. The molecule has 0 atom stereocenters. The Hall–Kier alpha value is -1.32. The van der Waals surface area contributed by atoms with Gasteiger partial charge in [0.15, 0.2) is 0 Å². The van der Waals surface area contributed by atoms with Crippen LogP contribution in [0.3, 0.4) is 0 Å². The number of esters is 2. The standard InChI is InChI=1S/C42H80O4/c1-3-5-7-9-11-13-15-17-19-21-23-25-27-29-31-33-35-39-45-41(43)37-38-42(44)46-40-36-34-32-30-28-26-24-22-20-18-16-14-12-10-8-6-4-2/h37-38H,3-36,39-40H2,1-2H3/b38-37-. The van der Waals surface area contributed by atoms with Crippen LogP contribution in [0.25, 0.3) is 0 Å². The third-order valence-electron chi connectivity index (χ3n) is 9.34. The van der Waals surface area contributed by atoms with Gasteiger partial charge in [0.25, 0.3) is 0 Å². The van der Waals surface area contributed by atoms with Gasteiger partial charge in [-0.1, -0.05) is 219 Å². The Kier molecular flexibility index (Phi) is 38.7. The van der Waals surface area contributed by atoms with E-state index in [0.29, 0.717) is 13.2 Å². The van der Waals surface area contributed by atoms with E-state index in [9.17, 15) is 9.59 Å². The molecule has 272 valence electrons. The maximum atomic E-state index is 11.8. The summed E-state index contributed by atoms with van der Waals surface area (Å²) < 4.78 is 10.4. The molecule has 0 spiro atoms. The lowest BCUT2D eigenvalue weighted by atomic mass is 10.0. The molecular formula is C42H80O4. The zero-order valence-corrected chi connectivity index (χ0v) is 31.2. The van der Waals surface area contributed by atoms with Crippen molar-refractivity contribution in [1.82, 2.24) is 0 Å². The van der Waals surface area contributed by atoms with E-state index in [4.69, 9.17) is 9.47 Å². The van der Waals surface area contributed by atoms with E-state index in [0.717, 1.165) is 25.7 Å². The summed E-state index contributed by atoms with van der Waals surface area (Å²) in [5, 5.41) is 0. The average molecular weight is 649 g/mol. The van der Waals surface area contributed by atoms with Crippen LogP contribution in [0.1, 0.15) is 232 Å². The monoisotopic (exact) mass is 649 g/mol. The summed E-state index contributed by atoms with van der Waals surface area (Å²) in [5.74, 6) is -0.905. The van der Waals surface area contributed by atoms with Gasteiger partial charge in [0.2, 0.25) is 0 Å². The second-order valence-electron chi connectivity index (χ2n) is 14.0. The van der Waals surface area contributed by atoms with E-state index in [1.165, 1.54) is 205 Å². The first-order chi connectivity index (χ1) is 22.7. The summed E-state index contributed by atoms with van der Waals surface area (Å²) in [6.07, 6.45) is 47.7. The van der Waals surface area contributed by atoms with Crippen LogP contribution in [0, 0.1) is 0 Å². The minimum atomic E-state index is -0.453. The Morgan fingerprint density at radius 2 is 0.478 bits per heavy atom. The van der Waals surface area contributed by atoms with Crippen molar-refractivity contribution < 1.29 is 19.1 Å². The van der Waals surface area contributed by atoms with Gasteiger partial charge in [-0.2, -0.15) is 0 Å². The van der Waals surface area contributed by atoms with Crippen molar-refractivity contribution in [3.05, 3.63) is 12.2 Å². The normalized spacial score (nSPS) is 11.4. The fraction of sp³-hybridized carbons (Fsp3) is 0.905. The Bertz CT molecular complexity index is 590. The van der Waals surface area contributed by atoms with Crippen LogP contribution in [0.15, 0.2) is 12.2 Å². The predicted octanol–water partition coefficient (Wildman–Crippen LogP) is 13.9. The first-order valence-corrected chi connectivity index (χ1v) is 20.7. The molecule has 4 heteroatoms. The third-order valence-corrected chi connectivity index (χ3v) is 9.34. The zero-order valence-electron chi connectivity index (χ0n) is 31.2. The molecule has 0 rings (SSSR count). The molecule has 46 heavy (non-hydrogen) atoms. The largest absolute Gasteiger partial charge is 0.463 e. The fourth-order valence-corrected chi connectivity index (χ4v) is 6.23. The van der Waals surface area contributed by atoms with Crippen LogP contribution in [0.5, 0.6) is 0 Å². The first kappa shape index (κ1) is 44.7. The number of unbranched alkanes of at least 4 members (excludes halogenated alkanes) is 32. The maximum absolute atomic E-state index is 11.8. The van der Waals surface area contributed by atoms with Crippen molar-refractivity contribution in [2.24, 2.45) is 0 Å². The molecule has 0 saturated carbocycles. The first-order valence-electron chi connectivity index (χ1n) is 20.7. The Labute approximate surface area is 288 Å². The van der Waals surface area contributed by atoms with Gasteiger partial charge in [-0.05, 0) is 12.8 Å². The summed E-state index contributed by atoms with van der Waals surface area (Å²) >= 11 is 0. The highest BCUT2D eigenvalue weighted by atomic mass is 16.5. The second-order valence-corrected chi connectivity index (χ2v) is 14.0. The summed E-state index contributed by atoms with van der Waals surface area (Å²) in [4.78, 5) is 23.7. The average Bonchev–Trinajstić information content (AvgIpc) is 3.06. The van der Waals surface area contributed by atoms with Crippen LogP contribution in [-0.2, 0) is 19.1 Å². The highest BCUT2D eigenvalue weighted by molar-refractivity contribution is 5.91. The van der Waals surface area contributed by atoms with E-state index < -0.39 is 11.9 Å².